The van der Waals surface area contributed by atoms with Crippen molar-refractivity contribution in [1.82, 2.24) is 4.98 Å². The van der Waals surface area contributed by atoms with Gasteiger partial charge in [-0.2, -0.15) is 0 Å². The second-order valence-electron chi connectivity index (χ2n) is 2.10. The Morgan fingerprint density at radius 2 is 2.55 bits per heavy atom. The average Bonchev–Trinajstić information content (AvgIpc) is 2.36. The van der Waals surface area contributed by atoms with Crippen molar-refractivity contribution in [2.45, 2.75) is 12.5 Å². The molecule has 1 unspecified atom stereocenters. The first kappa shape index (κ1) is 9.12. The van der Waals surface area contributed by atoms with Crippen molar-refractivity contribution in [1.29, 1.82) is 0 Å². The Morgan fingerprint density at radius 1 is 1.82 bits per heavy atom. The van der Waals surface area contributed by atoms with Crippen molar-refractivity contribution in [3.8, 4) is 0 Å². The second kappa shape index (κ2) is 4.15. The Bertz CT molecular complexity index is 228. The molecule has 1 rings (SSSR count). The molecule has 0 spiro atoms. The number of aliphatic hydroxyl groups excluding tert-OH is 1. The standard InChI is InChI=1S/C6H9BrN2OS/c7-5-3-11-6(9-5)4(10)1-2-8/h3-4,10H,1-2,8H2. The fraction of sp³-hybridized carbons (Fsp3) is 0.500. The smallest absolute Gasteiger partial charge is 0.123 e. The third-order valence-electron chi connectivity index (χ3n) is 1.22. The van der Waals surface area contributed by atoms with Crippen LogP contribution in [-0.2, 0) is 0 Å². The minimum atomic E-state index is -0.503. The summed E-state index contributed by atoms with van der Waals surface area (Å²) in [7, 11) is 0. The number of aliphatic hydroxyl groups is 1. The summed E-state index contributed by atoms with van der Waals surface area (Å²) in [4.78, 5) is 4.06. The van der Waals surface area contributed by atoms with Gasteiger partial charge in [0, 0.05) is 5.38 Å². The van der Waals surface area contributed by atoms with Crippen molar-refractivity contribution in [2.24, 2.45) is 5.73 Å². The predicted octanol–water partition coefficient (Wildman–Crippen LogP) is 1.29. The third kappa shape index (κ3) is 2.52. The molecule has 3 N–H and O–H groups in total. The summed E-state index contributed by atoms with van der Waals surface area (Å²) in [5.41, 5.74) is 5.28. The van der Waals surface area contributed by atoms with Gasteiger partial charge >= 0.3 is 0 Å². The molecule has 1 aromatic heterocycles. The molecule has 0 saturated carbocycles. The Kier molecular flexibility index (Phi) is 3.45. The zero-order chi connectivity index (χ0) is 8.27. The summed E-state index contributed by atoms with van der Waals surface area (Å²) in [6.45, 7) is 0.484. The molecule has 11 heavy (non-hydrogen) atoms. The minimum absolute atomic E-state index is 0.484. The van der Waals surface area contributed by atoms with Gasteiger partial charge in [0.15, 0.2) is 0 Å². The lowest BCUT2D eigenvalue weighted by Gasteiger charge is -2.02. The first-order valence-corrected chi connectivity index (χ1v) is 4.90. The maximum Gasteiger partial charge on any atom is 0.123 e. The van der Waals surface area contributed by atoms with Gasteiger partial charge in [-0.05, 0) is 28.9 Å². The molecule has 5 heteroatoms. The number of thiazole rings is 1. The molecule has 0 saturated heterocycles. The number of nitrogens with zero attached hydrogens (tertiary/aromatic N) is 1. The van der Waals surface area contributed by atoms with Crippen LogP contribution in [-0.4, -0.2) is 16.6 Å². The Hall–Kier alpha value is 0.0300. The first-order chi connectivity index (χ1) is 5.24. The van der Waals surface area contributed by atoms with E-state index < -0.39 is 6.10 Å². The SMILES string of the molecule is NCCC(O)c1nc(Br)cs1. The van der Waals surface area contributed by atoms with Crippen LogP contribution in [0.1, 0.15) is 17.5 Å². The van der Waals surface area contributed by atoms with Gasteiger partial charge in [-0.15, -0.1) is 11.3 Å². The highest BCUT2D eigenvalue weighted by Crippen LogP contribution is 2.22. The van der Waals surface area contributed by atoms with E-state index in [1.807, 2.05) is 5.38 Å². The van der Waals surface area contributed by atoms with Crippen LogP contribution < -0.4 is 5.73 Å². The van der Waals surface area contributed by atoms with E-state index in [0.29, 0.717) is 13.0 Å². The molecular formula is C6H9BrN2OS. The Balaban J connectivity index is 2.60. The molecule has 0 bridgehead atoms. The highest BCUT2D eigenvalue weighted by Gasteiger charge is 2.09. The number of rotatable bonds is 3. The molecular weight excluding hydrogens is 228 g/mol. The van der Waals surface area contributed by atoms with E-state index in [9.17, 15) is 5.11 Å². The lowest BCUT2D eigenvalue weighted by Crippen LogP contribution is -2.06. The van der Waals surface area contributed by atoms with Gasteiger partial charge in [0.05, 0.1) is 0 Å². The molecule has 1 heterocycles. The molecule has 0 aromatic carbocycles. The normalized spacial score (nSPS) is 13.4. The molecule has 0 aliphatic carbocycles. The van der Waals surface area contributed by atoms with E-state index in [1.54, 1.807) is 0 Å². The monoisotopic (exact) mass is 236 g/mol. The van der Waals surface area contributed by atoms with E-state index in [-0.39, 0.29) is 0 Å². The lowest BCUT2D eigenvalue weighted by molar-refractivity contribution is 0.170. The van der Waals surface area contributed by atoms with Gasteiger partial charge in [-0.1, -0.05) is 0 Å². The maximum absolute atomic E-state index is 9.38. The second-order valence-corrected chi connectivity index (χ2v) is 3.80. The van der Waals surface area contributed by atoms with E-state index in [2.05, 4.69) is 20.9 Å². The van der Waals surface area contributed by atoms with E-state index in [0.717, 1.165) is 9.61 Å². The maximum atomic E-state index is 9.38. The lowest BCUT2D eigenvalue weighted by atomic mass is 10.3. The zero-order valence-electron chi connectivity index (χ0n) is 5.83. The van der Waals surface area contributed by atoms with E-state index >= 15 is 0 Å². The van der Waals surface area contributed by atoms with Crippen LogP contribution in [0.15, 0.2) is 9.98 Å². The first-order valence-electron chi connectivity index (χ1n) is 3.23. The van der Waals surface area contributed by atoms with Crippen LogP contribution in [0.4, 0.5) is 0 Å². The molecule has 1 aromatic rings. The summed E-state index contributed by atoms with van der Waals surface area (Å²) in [5.74, 6) is 0. The summed E-state index contributed by atoms with van der Waals surface area (Å²) >= 11 is 4.64. The van der Waals surface area contributed by atoms with Gasteiger partial charge in [0.1, 0.15) is 15.7 Å². The van der Waals surface area contributed by atoms with E-state index in [4.69, 9.17) is 5.73 Å². The fourth-order valence-corrected chi connectivity index (χ4v) is 1.99. The summed E-state index contributed by atoms with van der Waals surface area (Å²) in [5, 5.41) is 11.9. The van der Waals surface area contributed by atoms with Crippen molar-refractivity contribution in [3.63, 3.8) is 0 Å². The quantitative estimate of drug-likeness (QED) is 0.832. The molecule has 0 aliphatic rings. The van der Waals surface area contributed by atoms with Crippen molar-refractivity contribution in [3.05, 3.63) is 15.0 Å². The number of hydrogen-bond donors (Lipinski definition) is 2. The van der Waals surface area contributed by atoms with Crippen LogP contribution in [0.3, 0.4) is 0 Å². The van der Waals surface area contributed by atoms with Gasteiger partial charge in [0.2, 0.25) is 0 Å². The molecule has 62 valence electrons. The van der Waals surface area contributed by atoms with Gasteiger partial charge in [-0.25, -0.2) is 4.98 Å². The number of aromatic nitrogens is 1. The Morgan fingerprint density at radius 3 is 3.00 bits per heavy atom. The van der Waals surface area contributed by atoms with Crippen LogP contribution >= 0.6 is 27.3 Å². The minimum Gasteiger partial charge on any atom is -0.386 e. The average molecular weight is 237 g/mol. The highest BCUT2D eigenvalue weighted by molar-refractivity contribution is 9.10. The molecule has 0 aliphatic heterocycles. The molecule has 0 amide bonds. The number of nitrogens with two attached hydrogens (primary N) is 1. The largest absolute Gasteiger partial charge is 0.386 e. The van der Waals surface area contributed by atoms with Crippen LogP contribution in [0.5, 0.6) is 0 Å². The summed E-state index contributed by atoms with van der Waals surface area (Å²) < 4.78 is 0.772. The van der Waals surface area contributed by atoms with Crippen LogP contribution in [0.25, 0.3) is 0 Å². The van der Waals surface area contributed by atoms with Gasteiger partial charge in [-0.3, -0.25) is 0 Å². The topological polar surface area (TPSA) is 59.1 Å². The predicted molar refractivity (Wildman–Crippen MR) is 48.4 cm³/mol. The third-order valence-corrected chi connectivity index (χ3v) is 2.87. The van der Waals surface area contributed by atoms with Crippen LogP contribution in [0.2, 0.25) is 0 Å². The van der Waals surface area contributed by atoms with Crippen LogP contribution in [0, 0.1) is 0 Å². The zero-order valence-corrected chi connectivity index (χ0v) is 8.23. The summed E-state index contributed by atoms with van der Waals surface area (Å²) in [6.07, 6.45) is 0.0660. The fourth-order valence-electron chi connectivity index (χ4n) is 0.701. The Labute approximate surface area is 77.4 Å². The highest BCUT2D eigenvalue weighted by atomic mass is 79.9. The number of hydrogen-bond acceptors (Lipinski definition) is 4. The van der Waals surface area contributed by atoms with Crippen molar-refractivity contribution < 1.29 is 5.11 Å². The number of halogens is 1. The molecule has 0 fully saturated rings. The molecule has 1 atom stereocenters. The van der Waals surface area contributed by atoms with E-state index in [1.165, 1.54) is 11.3 Å². The van der Waals surface area contributed by atoms with Crippen molar-refractivity contribution in [2.75, 3.05) is 6.54 Å². The molecule has 0 radical (unpaired) electrons. The van der Waals surface area contributed by atoms with Crippen molar-refractivity contribution >= 4 is 27.3 Å². The van der Waals surface area contributed by atoms with Gasteiger partial charge in [0.25, 0.3) is 0 Å². The van der Waals surface area contributed by atoms with Gasteiger partial charge < -0.3 is 10.8 Å². The molecule has 3 nitrogen and oxygen atoms in total. The summed E-state index contributed by atoms with van der Waals surface area (Å²) in [6, 6.07) is 0.